The predicted octanol–water partition coefficient (Wildman–Crippen LogP) is 3.54. The first kappa shape index (κ1) is 15.9. The molecule has 0 spiro atoms. The molecule has 25 heavy (non-hydrogen) atoms. The molecule has 1 aromatic carbocycles. The first-order chi connectivity index (χ1) is 12.1. The van der Waals surface area contributed by atoms with Gasteiger partial charge in [-0.15, -0.1) is 11.3 Å². The lowest BCUT2D eigenvalue weighted by Crippen LogP contribution is -2.38. The molecule has 2 aromatic heterocycles. The van der Waals surface area contributed by atoms with E-state index in [1.807, 2.05) is 36.6 Å². The molecular weight excluding hydrogens is 338 g/mol. The van der Waals surface area contributed by atoms with Crippen LogP contribution in [-0.2, 0) is 22.5 Å². The normalized spacial score (nSPS) is 13.7. The lowest BCUT2D eigenvalue weighted by molar-refractivity contribution is -0.135. The summed E-state index contributed by atoms with van der Waals surface area (Å²) in [6.45, 7) is 2.79. The predicted molar refractivity (Wildman–Crippen MR) is 94.7 cm³/mol. The zero-order valence-corrected chi connectivity index (χ0v) is 14.6. The van der Waals surface area contributed by atoms with Crippen LogP contribution >= 0.6 is 11.3 Å². The number of furan rings is 1. The van der Waals surface area contributed by atoms with Crippen LogP contribution in [-0.4, -0.2) is 29.9 Å². The Kier molecular flexibility index (Phi) is 4.05. The van der Waals surface area contributed by atoms with E-state index in [0.717, 1.165) is 17.4 Å². The van der Waals surface area contributed by atoms with E-state index in [2.05, 4.69) is 0 Å². The molecular formula is C19H17NO4S. The van der Waals surface area contributed by atoms with Crippen LogP contribution in [0.25, 0.3) is 11.0 Å². The lowest BCUT2D eigenvalue weighted by Gasteiger charge is -2.26. The van der Waals surface area contributed by atoms with Crippen molar-refractivity contribution >= 4 is 34.2 Å². The van der Waals surface area contributed by atoms with E-state index in [0.29, 0.717) is 18.7 Å². The standard InChI is InChI=1S/C19H17NO4S/c1-12-14-4-2-3-5-15(14)24-18(12)19(22)23-11-17(21)20-8-6-16-13(10-20)7-9-25-16/h2-5,7,9H,6,8,10-11H2,1H3. The van der Waals surface area contributed by atoms with E-state index in [1.165, 1.54) is 10.4 Å². The van der Waals surface area contributed by atoms with Crippen LogP contribution in [0.2, 0.25) is 0 Å². The Morgan fingerprint density at radius 3 is 2.96 bits per heavy atom. The highest BCUT2D eigenvalue weighted by Gasteiger charge is 2.24. The first-order valence-electron chi connectivity index (χ1n) is 8.12. The Labute approximate surface area is 148 Å². The Morgan fingerprint density at radius 1 is 1.28 bits per heavy atom. The number of nitrogens with zero attached hydrogens (tertiary/aromatic N) is 1. The number of aryl methyl sites for hydroxylation is 1. The van der Waals surface area contributed by atoms with Crippen molar-refractivity contribution in [2.45, 2.75) is 19.9 Å². The van der Waals surface area contributed by atoms with Crippen molar-refractivity contribution in [2.75, 3.05) is 13.2 Å². The average molecular weight is 355 g/mol. The number of esters is 1. The number of thiophene rings is 1. The van der Waals surface area contributed by atoms with E-state index in [1.54, 1.807) is 22.3 Å². The molecule has 6 heteroatoms. The fourth-order valence-electron chi connectivity index (χ4n) is 3.11. The van der Waals surface area contributed by atoms with Crippen LogP contribution < -0.4 is 0 Å². The molecule has 0 unspecified atom stereocenters. The largest absolute Gasteiger partial charge is 0.450 e. The number of carbonyl (C=O) groups excluding carboxylic acids is 2. The van der Waals surface area contributed by atoms with Crippen molar-refractivity contribution in [3.05, 3.63) is 57.5 Å². The van der Waals surface area contributed by atoms with Gasteiger partial charge < -0.3 is 14.1 Å². The van der Waals surface area contributed by atoms with Crippen molar-refractivity contribution in [1.82, 2.24) is 4.90 Å². The summed E-state index contributed by atoms with van der Waals surface area (Å²) in [4.78, 5) is 27.7. The van der Waals surface area contributed by atoms with Crippen LogP contribution in [0.4, 0.5) is 0 Å². The quantitative estimate of drug-likeness (QED) is 0.674. The number of ether oxygens (including phenoxy) is 1. The fourth-order valence-corrected chi connectivity index (χ4v) is 4.00. The molecule has 1 amide bonds. The van der Waals surface area contributed by atoms with Gasteiger partial charge in [-0.3, -0.25) is 4.79 Å². The molecule has 0 bridgehead atoms. The van der Waals surface area contributed by atoms with Gasteiger partial charge in [0.1, 0.15) is 5.58 Å². The minimum absolute atomic E-state index is 0.160. The number of benzene rings is 1. The fraction of sp³-hybridized carbons (Fsp3) is 0.263. The summed E-state index contributed by atoms with van der Waals surface area (Å²) in [6, 6.07) is 9.47. The highest BCUT2D eigenvalue weighted by Crippen LogP contribution is 2.26. The van der Waals surface area contributed by atoms with Crippen LogP contribution in [0, 0.1) is 6.92 Å². The van der Waals surface area contributed by atoms with Gasteiger partial charge in [-0.05, 0) is 36.4 Å². The minimum Gasteiger partial charge on any atom is -0.450 e. The molecule has 4 rings (SSSR count). The zero-order chi connectivity index (χ0) is 17.4. The third-order valence-electron chi connectivity index (χ3n) is 4.52. The van der Waals surface area contributed by atoms with Gasteiger partial charge in [0.05, 0.1) is 0 Å². The highest BCUT2D eigenvalue weighted by molar-refractivity contribution is 7.10. The molecule has 5 nitrogen and oxygen atoms in total. The second kappa shape index (κ2) is 6.37. The molecule has 0 aliphatic carbocycles. The minimum atomic E-state index is -0.602. The van der Waals surface area contributed by atoms with Gasteiger partial charge in [0.15, 0.2) is 6.61 Å². The Morgan fingerprint density at radius 2 is 2.12 bits per heavy atom. The van der Waals surface area contributed by atoms with Gasteiger partial charge in [-0.2, -0.15) is 0 Å². The molecule has 1 aliphatic heterocycles. The highest BCUT2D eigenvalue weighted by atomic mass is 32.1. The summed E-state index contributed by atoms with van der Waals surface area (Å²) in [7, 11) is 0. The maximum Gasteiger partial charge on any atom is 0.375 e. The molecule has 0 saturated heterocycles. The van der Waals surface area contributed by atoms with Crippen molar-refractivity contribution in [2.24, 2.45) is 0 Å². The Balaban J connectivity index is 1.41. The van der Waals surface area contributed by atoms with Crippen molar-refractivity contribution in [3.63, 3.8) is 0 Å². The summed E-state index contributed by atoms with van der Waals surface area (Å²) in [5.74, 6) is -0.623. The molecule has 0 fully saturated rings. The molecule has 128 valence electrons. The van der Waals surface area contributed by atoms with Gasteiger partial charge >= 0.3 is 5.97 Å². The topological polar surface area (TPSA) is 59.8 Å². The van der Waals surface area contributed by atoms with Crippen molar-refractivity contribution in [1.29, 1.82) is 0 Å². The summed E-state index contributed by atoms with van der Waals surface area (Å²) in [6.07, 6.45) is 0.857. The van der Waals surface area contributed by atoms with Gasteiger partial charge in [0.2, 0.25) is 5.76 Å². The molecule has 0 radical (unpaired) electrons. The average Bonchev–Trinajstić information content (AvgIpc) is 3.23. The maximum atomic E-state index is 12.3. The lowest BCUT2D eigenvalue weighted by atomic mass is 10.1. The second-order valence-corrected chi connectivity index (χ2v) is 7.06. The van der Waals surface area contributed by atoms with Gasteiger partial charge in [-0.25, -0.2) is 4.79 Å². The summed E-state index contributed by atoms with van der Waals surface area (Å²) >= 11 is 1.72. The smallest absolute Gasteiger partial charge is 0.375 e. The third kappa shape index (κ3) is 2.93. The molecule has 0 saturated carbocycles. The number of amides is 1. The van der Waals surface area contributed by atoms with Gasteiger partial charge in [0, 0.05) is 28.9 Å². The third-order valence-corrected chi connectivity index (χ3v) is 5.54. The number of carbonyl (C=O) groups is 2. The first-order valence-corrected chi connectivity index (χ1v) is 8.99. The van der Waals surface area contributed by atoms with Crippen molar-refractivity contribution in [3.8, 4) is 0 Å². The van der Waals surface area contributed by atoms with Crippen molar-refractivity contribution < 1.29 is 18.7 Å². The van der Waals surface area contributed by atoms with Gasteiger partial charge in [0.25, 0.3) is 5.91 Å². The Bertz CT molecular complexity index is 955. The summed E-state index contributed by atoms with van der Waals surface area (Å²) in [5, 5.41) is 2.92. The molecule has 0 atom stereocenters. The summed E-state index contributed by atoms with van der Waals surface area (Å²) in [5.41, 5.74) is 2.55. The van der Waals surface area contributed by atoms with E-state index in [-0.39, 0.29) is 18.3 Å². The van der Waals surface area contributed by atoms with E-state index in [4.69, 9.17) is 9.15 Å². The maximum absolute atomic E-state index is 12.3. The second-order valence-electron chi connectivity index (χ2n) is 6.06. The molecule has 3 aromatic rings. The number of para-hydroxylation sites is 1. The summed E-state index contributed by atoms with van der Waals surface area (Å²) < 4.78 is 10.8. The van der Waals surface area contributed by atoms with Crippen LogP contribution in [0.15, 0.2) is 40.1 Å². The number of fused-ring (bicyclic) bond motifs is 2. The zero-order valence-electron chi connectivity index (χ0n) is 13.8. The SMILES string of the molecule is Cc1c(C(=O)OCC(=O)N2CCc3sccc3C2)oc2ccccc12. The Hall–Kier alpha value is -2.60. The molecule has 1 aliphatic rings. The van der Waals surface area contributed by atoms with Crippen LogP contribution in [0.1, 0.15) is 26.6 Å². The molecule has 3 heterocycles. The number of rotatable bonds is 3. The van der Waals surface area contributed by atoms with Crippen LogP contribution in [0.5, 0.6) is 0 Å². The van der Waals surface area contributed by atoms with E-state index < -0.39 is 5.97 Å². The van der Waals surface area contributed by atoms with E-state index in [9.17, 15) is 9.59 Å². The number of hydrogen-bond acceptors (Lipinski definition) is 5. The monoisotopic (exact) mass is 355 g/mol. The van der Waals surface area contributed by atoms with Gasteiger partial charge in [-0.1, -0.05) is 18.2 Å². The molecule has 0 N–H and O–H groups in total. The van der Waals surface area contributed by atoms with Crippen LogP contribution in [0.3, 0.4) is 0 Å². The number of hydrogen-bond donors (Lipinski definition) is 0. The van der Waals surface area contributed by atoms with E-state index >= 15 is 0 Å².